The molecule has 1 rings (SSSR count). The van der Waals surface area contributed by atoms with E-state index in [0.29, 0.717) is 13.0 Å². The average molecular weight is 289 g/mol. The lowest BCUT2D eigenvalue weighted by molar-refractivity contribution is -0.566. The van der Waals surface area contributed by atoms with Gasteiger partial charge in [0, 0.05) is 24.3 Å². The summed E-state index contributed by atoms with van der Waals surface area (Å²) in [5.41, 5.74) is 3.72. The lowest BCUT2D eigenvalue weighted by Gasteiger charge is -2.25. The van der Waals surface area contributed by atoms with E-state index >= 15 is 0 Å². The Bertz CT molecular complexity index is 341. The predicted octanol–water partition coefficient (Wildman–Crippen LogP) is 2.02. The monoisotopic (exact) mass is 289 g/mol. The van der Waals surface area contributed by atoms with Crippen LogP contribution in [0.3, 0.4) is 0 Å². The molecule has 0 radical (unpaired) electrons. The summed E-state index contributed by atoms with van der Waals surface area (Å²) in [6, 6.07) is 0. The fourth-order valence-corrected chi connectivity index (χ4v) is 2.05. The van der Waals surface area contributed by atoms with Crippen molar-refractivity contribution in [3.05, 3.63) is 10.1 Å². The number of nitrogens with zero attached hydrogens (tertiary/aromatic N) is 2. The van der Waals surface area contributed by atoms with Crippen molar-refractivity contribution in [3.8, 4) is 0 Å². The summed E-state index contributed by atoms with van der Waals surface area (Å²) < 4.78 is 5.21. The van der Waals surface area contributed by atoms with Crippen LogP contribution in [0.5, 0.6) is 0 Å². The zero-order valence-electron chi connectivity index (χ0n) is 13.1. The Morgan fingerprint density at radius 2 is 2.00 bits per heavy atom. The van der Waals surface area contributed by atoms with Crippen molar-refractivity contribution in [2.75, 3.05) is 19.6 Å². The molecular formula is C13H27N3O4. The highest BCUT2D eigenvalue weighted by Crippen LogP contribution is 2.28. The van der Waals surface area contributed by atoms with Crippen LogP contribution in [0.25, 0.3) is 0 Å². The summed E-state index contributed by atoms with van der Waals surface area (Å²) in [6.07, 6.45) is 0.110. The minimum Gasteiger partial charge on any atom is -0.444 e. The fraction of sp³-hybridized carbons (Fsp3) is 0.923. The van der Waals surface area contributed by atoms with Gasteiger partial charge in [-0.2, -0.15) is 0 Å². The van der Waals surface area contributed by atoms with Crippen molar-refractivity contribution in [3.63, 3.8) is 0 Å². The topological polar surface area (TPSA) is 98.7 Å². The zero-order valence-corrected chi connectivity index (χ0v) is 13.1. The van der Waals surface area contributed by atoms with Crippen molar-refractivity contribution in [1.29, 1.82) is 0 Å². The van der Waals surface area contributed by atoms with Crippen LogP contribution in [0.2, 0.25) is 0 Å². The number of carbonyl (C=O) groups is 1. The van der Waals surface area contributed by atoms with Crippen molar-refractivity contribution < 1.29 is 14.5 Å². The maximum Gasteiger partial charge on any atom is 0.410 e. The van der Waals surface area contributed by atoms with Crippen molar-refractivity contribution in [1.82, 2.24) is 4.90 Å². The molecule has 1 aliphatic rings. The van der Waals surface area contributed by atoms with Crippen LogP contribution in [0.15, 0.2) is 0 Å². The second kappa shape index (κ2) is 7.42. The van der Waals surface area contributed by atoms with E-state index in [0.717, 1.165) is 0 Å². The molecule has 0 spiro atoms. The van der Waals surface area contributed by atoms with E-state index < -0.39 is 17.2 Å². The van der Waals surface area contributed by atoms with Crippen molar-refractivity contribution in [2.24, 2.45) is 5.73 Å². The zero-order chi connectivity index (χ0) is 16.0. The molecule has 1 fully saturated rings. The van der Waals surface area contributed by atoms with Crippen LogP contribution in [0.1, 0.15) is 47.5 Å². The van der Waals surface area contributed by atoms with Crippen molar-refractivity contribution in [2.45, 2.75) is 58.6 Å². The molecule has 0 aromatic heterocycles. The Morgan fingerprint density at radius 1 is 1.45 bits per heavy atom. The van der Waals surface area contributed by atoms with Gasteiger partial charge in [-0.15, -0.1) is 0 Å². The predicted molar refractivity (Wildman–Crippen MR) is 77.2 cm³/mol. The molecule has 1 atom stereocenters. The molecule has 0 aromatic rings. The number of ether oxygens (including phenoxy) is 1. The third kappa shape index (κ3) is 4.96. The Hall–Kier alpha value is -1.37. The van der Waals surface area contributed by atoms with Crippen LogP contribution in [-0.2, 0) is 4.74 Å². The third-order valence-electron chi connectivity index (χ3n) is 2.98. The average Bonchev–Trinajstić information content (AvgIpc) is 2.76. The highest BCUT2D eigenvalue weighted by atomic mass is 16.6. The van der Waals surface area contributed by atoms with Gasteiger partial charge in [0.15, 0.2) is 0 Å². The van der Waals surface area contributed by atoms with Gasteiger partial charge in [-0.25, -0.2) is 4.79 Å². The molecule has 118 valence electrons. The first kappa shape index (κ1) is 18.6. The molecule has 0 bridgehead atoms. The molecule has 0 saturated carbocycles. The second-order valence-corrected chi connectivity index (χ2v) is 5.67. The third-order valence-corrected chi connectivity index (χ3v) is 2.98. The molecular weight excluding hydrogens is 262 g/mol. The first-order valence-corrected chi connectivity index (χ1v) is 7.03. The normalized spacial score (nSPS) is 22.0. The molecule has 2 N–H and O–H groups in total. The Morgan fingerprint density at radius 3 is 2.40 bits per heavy atom. The second-order valence-electron chi connectivity index (χ2n) is 5.67. The first-order valence-electron chi connectivity index (χ1n) is 7.03. The van der Waals surface area contributed by atoms with E-state index in [1.165, 1.54) is 4.90 Å². The molecule has 1 aliphatic heterocycles. The number of likely N-dealkylation sites (tertiary alicyclic amines) is 1. The van der Waals surface area contributed by atoms with Crippen LogP contribution in [-0.4, -0.2) is 46.7 Å². The SMILES string of the molecule is CC.CC(C)(C)OC(=O)N1CCC(CCN)([N+](=O)[O-])C1. The highest BCUT2D eigenvalue weighted by molar-refractivity contribution is 5.68. The summed E-state index contributed by atoms with van der Waals surface area (Å²) in [6.45, 7) is 9.95. The van der Waals surface area contributed by atoms with Crippen LogP contribution >= 0.6 is 0 Å². The van der Waals surface area contributed by atoms with Gasteiger partial charge in [0.2, 0.25) is 5.54 Å². The number of carbonyl (C=O) groups excluding carboxylic acids is 1. The molecule has 1 saturated heterocycles. The Labute approximate surface area is 120 Å². The minimum atomic E-state index is -1.11. The van der Waals surface area contributed by atoms with Gasteiger partial charge in [0.05, 0.1) is 6.54 Å². The molecule has 1 heterocycles. The molecule has 7 nitrogen and oxygen atoms in total. The first-order chi connectivity index (χ1) is 9.20. The summed E-state index contributed by atoms with van der Waals surface area (Å²) in [7, 11) is 0. The number of nitrogens with two attached hydrogens (primary N) is 1. The molecule has 20 heavy (non-hydrogen) atoms. The van der Waals surface area contributed by atoms with E-state index in [2.05, 4.69) is 0 Å². The summed E-state index contributed by atoms with van der Waals surface area (Å²) >= 11 is 0. The van der Waals surface area contributed by atoms with Gasteiger partial charge >= 0.3 is 6.09 Å². The number of rotatable bonds is 3. The lowest BCUT2D eigenvalue weighted by atomic mass is 9.95. The summed E-state index contributed by atoms with van der Waals surface area (Å²) in [4.78, 5) is 24.0. The minimum absolute atomic E-state index is 0.0755. The van der Waals surface area contributed by atoms with E-state index in [1.54, 1.807) is 20.8 Å². The van der Waals surface area contributed by atoms with Gasteiger partial charge in [-0.1, -0.05) is 13.8 Å². The number of hydrogen-bond acceptors (Lipinski definition) is 5. The number of nitro groups is 1. The van der Waals surface area contributed by atoms with Gasteiger partial charge in [0.25, 0.3) is 0 Å². The van der Waals surface area contributed by atoms with Crippen molar-refractivity contribution >= 4 is 6.09 Å². The van der Waals surface area contributed by atoms with E-state index in [-0.39, 0.29) is 24.4 Å². The Balaban J connectivity index is 0.00000172. The standard InChI is InChI=1S/C11H21N3O4.C2H6/c1-10(2,3)18-9(15)13-7-5-11(8-13,4-6-12)14(16)17;1-2/h4-8,12H2,1-3H3;1-2H3. The summed E-state index contributed by atoms with van der Waals surface area (Å²) in [5.74, 6) is 0. The lowest BCUT2D eigenvalue weighted by Crippen LogP contribution is -2.45. The number of amides is 1. The van der Waals surface area contributed by atoms with Crippen LogP contribution < -0.4 is 5.73 Å². The summed E-state index contributed by atoms with van der Waals surface area (Å²) in [5, 5.41) is 11.1. The molecule has 1 amide bonds. The quantitative estimate of drug-likeness (QED) is 0.633. The van der Waals surface area contributed by atoms with Gasteiger partial charge in [0.1, 0.15) is 5.60 Å². The van der Waals surface area contributed by atoms with E-state index in [9.17, 15) is 14.9 Å². The Kier molecular flexibility index (Phi) is 6.91. The van der Waals surface area contributed by atoms with Crippen LogP contribution in [0, 0.1) is 10.1 Å². The van der Waals surface area contributed by atoms with Crippen LogP contribution in [0.4, 0.5) is 4.79 Å². The maximum absolute atomic E-state index is 11.8. The molecule has 0 aliphatic carbocycles. The molecule has 0 aromatic carbocycles. The fourth-order valence-electron chi connectivity index (χ4n) is 2.05. The number of hydrogen-bond donors (Lipinski definition) is 1. The molecule has 1 unspecified atom stereocenters. The largest absolute Gasteiger partial charge is 0.444 e. The van der Waals surface area contributed by atoms with Gasteiger partial charge in [-0.3, -0.25) is 10.1 Å². The van der Waals surface area contributed by atoms with Gasteiger partial charge < -0.3 is 15.4 Å². The van der Waals surface area contributed by atoms with E-state index in [4.69, 9.17) is 10.5 Å². The maximum atomic E-state index is 11.8. The van der Waals surface area contributed by atoms with Gasteiger partial charge in [-0.05, 0) is 27.3 Å². The molecule has 7 heteroatoms. The van der Waals surface area contributed by atoms with E-state index in [1.807, 2.05) is 13.8 Å². The smallest absolute Gasteiger partial charge is 0.410 e. The highest BCUT2D eigenvalue weighted by Gasteiger charge is 2.50.